The highest BCUT2D eigenvalue weighted by Crippen LogP contribution is 2.33. The Kier molecular flexibility index (Phi) is 5.26. The quantitative estimate of drug-likeness (QED) is 0.896. The van der Waals surface area contributed by atoms with Crippen molar-refractivity contribution < 1.29 is 0 Å². The molecule has 21 heavy (non-hydrogen) atoms. The summed E-state index contributed by atoms with van der Waals surface area (Å²) in [5, 5.41) is 3.62. The van der Waals surface area contributed by atoms with E-state index >= 15 is 0 Å². The molecule has 1 N–H and O–H groups in total. The fourth-order valence-electron chi connectivity index (χ4n) is 2.59. The molecule has 1 aromatic rings. The van der Waals surface area contributed by atoms with Gasteiger partial charge in [0.2, 0.25) is 0 Å². The van der Waals surface area contributed by atoms with Gasteiger partial charge in [0.25, 0.3) is 0 Å². The third-order valence-corrected chi connectivity index (χ3v) is 5.35. The van der Waals surface area contributed by atoms with E-state index in [0.29, 0.717) is 4.75 Å². The molecule has 2 nitrogen and oxygen atoms in total. The van der Waals surface area contributed by atoms with Crippen LogP contribution >= 0.6 is 11.8 Å². The summed E-state index contributed by atoms with van der Waals surface area (Å²) in [6.07, 6.45) is 1.25. The van der Waals surface area contributed by atoms with Crippen molar-refractivity contribution in [2.45, 2.75) is 57.9 Å². The Bertz CT molecular complexity index is 463. The lowest BCUT2D eigenvalue weighted by Gasteiger charge is -2.28. The van der Waals surface area contributed by atoms with Gasteiger partial charge in [-0.3, -0.25) is 0 Å². The standard InChI is InChI=1S/C18H30N2S/c1-17(2,3)19-14-15-8-6-7-9-16(15)20-11-10-18(4,5)21-13-12-20/h6-9,19H,10-14H2,1-5H3. The summed E-state index contributed by atoms with van der Waals surface area (Å²) in [5.41, 5.74) is 2.98. The number of rotatable bonds is 3. The zero-order valence-electron chi connectivity index (χ0n) is 14.2. The van der Waals surface area contributed by atoms with Gasteiger partial charge < -0.3 is 10.2 Å². The molecule has 2 rings (SSSR count). The van der Waals surface area contributed by atoms with Gasteiger partial charge in [-0.25, -0.2) is 0 Å². The molecule has 1 aliphatic rings. The number of hydrogen-bond acceptors (Lipinski definition) is 3. The average Bonchev–Trinajstić information content (AvgIpc) is 2.57. The van der Waals surface area contributed by atoms with Crippen molar-refractivity contribution in [3.05, 3.63) is 29.8 Å². The summed E-state index contributed by atoms with van der Waals surface area (Å²) in [4.78, 5) is 2.57. The summed E-state index contributed by atoms with van der Waals surface area (Å²) >= 11 is 2.11. The predicted molar refractivity (Wildman–Crippen MR) is 96.4 cm³/mol. The SMILES string of the molecule is CC(C)(C)NCc1ccccc1N1CCSC(C)(C)CC1. The average molecular weight is 307 g/mol. The molecule has 0 saturated carbocycles. The number of benzene rings is 1. The number of thioether (sulfide) groups is 1. The van der Waals surface area contributed by atoms with Crippen molar-refractivity contribution in [1.29, 1.82) is 0 Å². The van der Waals surface area contributed by atoms with Crippen LogP contribution in [0.1, 0.15) is 46.6 Å². The highest BCUT2D eigenvalue weighted by atomic mass is 32.2. The molecule has 0 amide bonds. The van der Waals surface area contributed by atoms with Gasteiger partial charge in [-0.05, 0) is 38.8 Å². The van der Waals surface area contributed by atoms with E-state index in [4.69, 9.17) is 0 Å². The van der Waals surface area contributed by atoms with Crippen LogP contribution < -0.4 is 10.2 Å². The molecular weight excluding hydrogens is 276 g/mol. The number of anilines is 1. The fraction of sp³-hybridized carbons (Fsp3) is 0.667. The van der Waals surface area contributed by atoms with Crippen molar-refractivity contribution in [1.82, 2.24) is 5.32 Å². The molecule has 118 valence electrons. The smallest absolute Gasteiger partial charge is 0.0412 e. The summed E-state index contributed by atoms with van der Waals surface area (Å²) in [6, 6.07) is 8.86. The highest BCUT2D eigenvalue weighted by Gasteiger charge is 2.24. The van der Waals surface area contributed by atoms with Crippen LogP contribution in [0.5, 0.6) is 0 Å². The van der Waals surface area contributed by atoms with Gasteiger partial charge in [-0.2, -0.15) is 11.8 Å². The first-order chi connectivity index (χ1) is 9.77. The van der Waals surface area contributed by atoms with E-state index in [1.54, 1.807) is 0 Å². The Morgan fingerprint density at radius 3 is 2.62 bits per heavy atom. The summed E-state index contributed by atoms with van der Waals surface area (Å²) < 4.78 is 0.410. The summed E-state index contributed by atoms with van der Waals surface area (Å²) in [6.45, 7) is 14.7. The van der Waals surface area contributed by atoms with Crippen LogP contribution in [0.3, 0.4) is 0 Å². The maximum absolute atomic E-state index is 3.62. The molecule has 1 heterocycles. The topological polar surface area (TPSA) is 15.3 Å². The second-order valence-corrected chi connectivity index (χ2v) is 9.38. The third-order valence-electron chi connectivity index (χ3n) is 3.98. The molecular formula is C18H30N2S. The van der Waals surface area contributed by atoms with E-state index in [-0.39, 0.29) is 5.54 Å². The largest absolute Gasteiger partial charge is 0.370 e. The third kappa shape index (κ3) is 5.23. The fourth-order valence-corrected chi connectivity index (χ4v) is 3.69. The molecule has 0 radical (unpaired) electrons. The van der Waals surface area contributed by atoms with Gasteiger partial charge >= 0.3 is 0 Å². The maximum atomic E-state index is 3.62. The van der Waals surface area contributed by atoms with Crippen molar-refractivity contribution in [2.75, 3.05) is 23.7 Å². The number of nitrogens with one attached hydrogen (secondary N) is 1. The van der Waals surface area contributed by atoms with Crippen LogP contribution in [0, 0.1) is 0 Å². The molecule has 1 fully saturated rings. The van der Waals surface area contributed by atoms with Gasteiger partial charge in [0.1, 0.15) is 0 Å². The maximum Gasteiger partial charge on any atom is 0.0412 e. The van der Waals surface area contributed by atoms with Crippen LogP contribution in [-0.2, 0) is 6.54 Å². The lowest BCUT2D eigenvalue weighted by atomic mass is 10.1. The first-order valence-electron chi connectivity index (χ1n) is 7.99. The van der Waals surface area contributed by atoms with Crippen molar-refractivity contribution in [3.63, 3.8) is 0 Å². The molecule has 0 aliphatic carbocycles. The molecule has 0 atom stereocenters. The number of hydrogen-bond donors (Lipinski definition) is 1. The molecule has 1 aromatic carbocycles. The van der Waals surface area contributed by atoms with Gasteiger partial charge in [-0.15, -0.1) is 0 Å². The van der Waals surface area contributed by atoms with Crippen LogP contribution in [0.4, 0.5) is 5.69 Å². The molecule has 0 aromatic heterocycles. The van der Waals surface area contributed by atoms with Crippen LogP contribution in [-0.4, -0.2) is 29.1 Å². The van der Waals surface area contributed by atoms with E-state index < -0.39 is 0 Å². The van der Waals surface area contributed by atoms with Gasteiger partial charge in [0, 0.05) is 41.4 Å². The van der Waals surface area contributed by atoms with E-state index in [1.165, 1.54) is 23.4 Å². The van der Waals surface area contributed by atoms with Crippen molar-refractivity contribution >= 4 is 17.4 Å². The van der Waals surface area contributed by atoms with E-state index in [1.807, 2.05) is 0 Å². The van der Waals surface area contributed by atoms with E-state index in [0.717, 1.165) is 19.6 Å². The second kappa shape index (κ2) is 6.62. The Balaban J connectivity index is 2.12. The minimum absolute atomic E-state index is 0.156. The molecule has 0 bridgehead atoms. The molecule has 0 unspecified atom stereocenters. The van der Waals surface area contributed by atoms with Crippen LogP contribution in [0.15, 0.2) is 24.3 Å². The lowest BCUT2D eigenvalue weighted by molar-refractivity contribution is 0.424. The minimum Gasteiger partial charge on any atom is -0.370 e. The first-order valence-corrected chi connectivity index (χ1v) is 8.97. The van der Waals surface area contributed by atoms with E-state index in [2.05, 4.69) is 80.9 Å². The summed E-state index contributed by atoms with van der Waals surface area (Å²) in [5.74, 6) is 1.22. The van der Waals surface area contributed by atoms with E-state index in [9.17, 15) is 0 Å². The Labute approximate surface area is 134 Å². The van der Waals surface area contributed by atoms with Gasteiger partial charge in [0.05, 0.1) is 0 Å². The van der Waals surface area contributed by atoms with Crippen molar-refractivity contribution in [3.8, 4) is 0 Å². The summed E-state index contributed by atoms with van der Waals surface area (Å²) in [7, 11) is 0. The second-order valence-electron chi connectivity index (χ2n) is 7.58. The van der Waals surface area contributed by atoms with Crippen LogP contribution in [0.25, 0.3) is 0 Å². The first kappa shape index (κ1) is 16.7. The monoisotopic (exact) mass is 306 g/mol. The number of para-hydroxylation sites is 1. The van der Waals surface area contributed by atoms with Gasteiger partial charge in [0.15, 0.2) is 0 Å². The molecule has 0 spiro atoms. The normalized spacial score (nSPS) is 19.4. The lowest BCUT2D eigenvalue weighted by Crippen LogP contribution is -2.36. The van der Waals surface area contributed by atoms with Crippen LogP contribution in [0.2, 0.25) is 0 Å². The van der Waals surface area contributed by atoms with Gasteiger partial charge in [-0.1, -0.05) is 32.0 Å². The zero-order valence-corrected chi connectivity index (χ0v) is 15.0. The number of nitrogens with zero attached hydrogens (tertiary/aromatic N) is 1. The Hall–Kier alpha value is -0.670. The molecule has 3 heteroatoms. The Morgan fingerprint density at radius 1 is 1.19 bits per heavy atom. The van der Waals surface area contributed by atoms with Crippen molar-refractivity contribution in [2.24, 2.45) is 0 Å². The minimum atomic E-state index is 0.156. The Morgan fingerprint density at radius 2 is 1.90 bits per heavy atom. The zero-order chi connectivity index (χ0) is 15.5. The molecule has 1 saturated heterocycles. The highest BCUT2D eigenvalue weighted by molar-refractivity contribution is 8.00. The molecule has 1 aliphatic heterocycles. The predicted octanol–water partition coefficient (Wildman–Crippen LogP) is 4.30.